The first-order valence-corrected chi connectivity index (χ1v) is 8.52. The quantitative estimate of drug-likeness (QED) is 0.621. The third kappa shape index (κ3) is 2.63. The summed E-state index contributed by atoms with van der Waals surface area (Å²) >= 11 is 1.59. The minimum absolute atomic E-state index is 0.137. The Morgan fingerprint density at radius 3 is 2.92 bits per heavy atom. The summed E-state index contributed by atoms with van der Waals surface area (Å²) in [6, 6.07) is 13.4. The number of para-hydroxylation sites is 1. The zero-order chi connectivity index (χ0) is 16.5. The van der Waals surface area contributed by atoms with Gasteiger partial charge in [0.25, 0.3) is 5.91 Å². The van der Waals surface area contributed by atoms with Gasteiger partial charge in [-0.1, -0.05) is 17.3 Å². The van der Waals surface area contributed by atoms with E-state index in [0.29, 0.717) is 12.1 Å². The summed E-state index contributed by atoms with van der Waals surface area (Å²) in [5, 5.41) is 12.0. The van der Waals surface area contributed by atoms with E-state index in [1.807, 2.05) is 37.3 Å². The lowest BCUT2D eigenvalue weighted by atomic mass is 10.2. The molecule has 0 radical (unpaired) electrons. The Labute approximate surface area is 142 Å². The number of aromatic nitrogens is 4. The van der Waals surface area contributed by atoms with Crippen molar-refractivity contribution in [3.05, 3.63) is 53.0 Å². The summed E-state index contributed by atoms with van der Waals surface area (Å²) in [5.74, 6) is -0.137. The van der Waals surface area contributed by atoms with Crippen LogP contribution in [-0.4, -0.2) is 25.9 Å². The average molecular weight is 337 g/mol. The van der Waals surface area contributed by atoms with E-state index in [2.05, 4.69) is 20.6 Å². The number of rotatable bonds is 4. The molecule has 1 N–H and O–H groups in total. The third-order valence-electron chi connectivity index (χ3n) is 3.81. The molecule has 0 bridgehead atoms. The Hall–Kier alpha value is -2.80. The number of hydrogen-bond acceptors (Lipinski definition) is 5. The molecule has 0 unspecified atom stereocenters. The van der Waals surface area contributed by atoms with Crippen LogP contribution in [0.3, 0.4) is 0 Å². The van der Waals surface area contributed by atoms with Crippen LogP contribution in [0.5, 0.6) is 0 Å². The van der Waals surface area contributed by atoms with Gasteiger partial charge < -0.3 is 5.32 Å². The second-order valence-electron chi connectivity index (χ2n) is 5.37. The minimum Gasteiger partial charge on any atom is -0.346 e. The number of hydrogen-bond donors (Lipinski definition) is 1. The van der Waals surface area contributed by atoms with Crippen molar-refractivity contribution in [2.45, 2.75) is 20.0 Å². The molecule has 0 atom stereocenters. The molecular formula is C17H15N5OS. The van der Waals surface area contributed by atoms with Gasteiger partial charge in [-0.05, 0) is 37.3 Å². The van der Waals surface area contributed by atoms with Crippen LogP contribution in [0, 0.1) is 0 Å². The minimum atomic E-state index is -0.137. The van der Waals surface area contributed by atoms with Gasteiger partial charge in [-0.2, -0.15) is 0 Å². The zero-order valence-corrected chi connectivity index (χ0v) is 13.9. The molecule has 120 valence electrons. The fourth-order valence-electron chi connectivity index (χ4n) is 2.60. The van der Waals surface area contributed by atoms with Gasteiger partial charge >= 0.3 is 0 Å². The smallest absolute Gasteiger partial charge is 0.251 e. The standard InChI is InChI=1S/C17H15N5OS/c1-2-22-14-8-7-11(9-13(14)20-21-22)17(23)18-10-16-19-12-5-3-4-6-15(12)24-16/h3-9H,2,10H2,1H3,(H,18,23). The molecular weight excluding hydrogens is 322 g/mol. The van der Waals surface area contributed by atoms with Gasteiger partial charge in [-0.15, -0.1) is 16.4 Å². The molecule has 0 fully saturated rings. The summed E-state index contributed by atoms with van der Waals surface area (Å²) in [5.41, 5.74) is 3.20. The van der Waals surface area contributed by atoms with Crippen LogP contribution in [0.25, 0.3) is 21.3 Å². The van der Waals surface area contributed by atoms with Gasteiger partial charge in [0.15, 0.2) is 0 Å². The lowest BCUT2D eigenvalue weighted by molar-refractivity contribution is 0.0951. The third-order valence-corrected chi connectivity index (χ3v) is 4.85. The zero-order valence-electron chi connectivity index (χ0n) is 13.1. The lowest BCUT2D eigenvalue weighted by Crippen LogP contribution is -2.22. The Kier molecular flexibility index (Phi) is 3.70. The van der Waals surface area contributed by atoms with E-state index in [1.165, 1.54) is 0 Å². The molecule has 2 aromatic heterocycles. The fourth-order valence-corrected chi connectivity index (χ4v) is 3.51. The predicted molar refractivity (Wildman–Crippen MR) is 94.0 cm³/mol. The van der Waals surface area contributed by atoms with E-state index in [4.69, 9.17) is 0 Å². The van der Waals surface area contributed by atoms with Crippen molar-refractivity contribution in [2.75, 3.05) is 0 Å². The number of aryl methyl sites for hydroxylation is 1. The van der Waals surface area contributed by atoms with Gasteiger partial charge in [0.2, 0.25) is 0 Å². The highest BCUT2D eigenvalue weighted by molar-refractivity contribution is 7.18. The maximum atomic E-state index is 12.4. The molecule has 0 saturated heterocycles. The molecule has 2 heterocycles. The second-order valence-corrected chi connectivity index (χ2v) is 6.48. The number of nitrogens with zero attached hydrogens (tertiary/aromatic N) is 4. The maximum Gasteiger partial charge on any atom is 0.251 e. The maximum absolute atomic E-state index is 12.4. The molecule has 24 heavy (non-hydrogen) atoms. The van der Waals surface area contributed by atoms with Crippen molar-refractivity contribution < 1.29 is 4.79 Å². The van der Waals surface area contributed by atoms with Crippen molar-refractivity contribution in [3.8, 4) is 0 Å². The fraction of sp³-hybridized carbons (Fsp3) is 0.176. The number of thiazole rings is 1. The van der Waals surface area contributed by atoms with Gasteiger partial charge in [-0.3, -0.25) is 4.79 Å². The van der Waals surface area contributed by atoms with Crippen LogP contribution in [0.2, 0.25) is 0 Å². The Balaban J connectivity index is 1.51. The molecule has 0 aliphatic carbocycles. The van der Waals surface area contributed by atoms with Crippen LogP contribution in [-0.2, 0) is 13.1 Å². The normalized spacial score (nSPS) is 11.2. The molecule has 4 aromatic rings. The Bertz CT molecular complexity index is 1000. The largest absolute Gasteiger partial charge is 0.346 e. The lowest BCUT2D eigenvalue weighted by Gasteiger charge is -2.03. The average Bonchev–Trinajstić information content (AvgIpc) is 3.22. The van der Waals surface area contributed by atoms with Crippen LogP contribution in [0.1, 0.15) is 22.3 Å². The number of benzene rings is 2. The highest BCUT2D eigenvalue weighted by Gasteiger charge is 2.11. The SMILES string of the molecule is CCn1nnc2cc(C(=O)NCc3nc4ccccc4s3)ccc21. The van der Waals surface area contributed by atoms with E-state index in [0.717, 1.165) is 32.8 Å². The van der Waals surface area contributed by atoms with Crippen molar-refractivity contribution in [2.24, 2.45) is 0 Å². The molecule has 6 nitrogen and oxygen atoms in total. The predicted octanol–water partition coefficient (Wildman–Crippen LogP) is 2.99. The first kappa shape index (κ1) is 14.8. The Morgan fingerprint density at radius 2 is 2.08 bits per heavy atom. The van der Waals surface area contributed by atoms with E-state index in [1.54, 1.807) is 28.2 Å². The molecule has 0 aliphatic heterocycles. The van der Waals surface area contributed by atoms with Gasteiger partial charge in [0.1, 0.15) is 10.5 Å². The molecule has 7 heteroatoms. The highest BCUT2D eigenvalue weighted by atomic mass is 32.1. The molecule has 2 aromatic carbocycles. The van der Waals surface area contributed by atoms with Crippen molar-refractivity contribution in [1.29, 1.82) is 0 Å². The summed E-state index contributed by atoms with van der Waals surface area (Å²) in [4.78, 5) is 16.9. The van der Waals surface area contributed by atoms with Gasteiger partial charge in [-0.25, -0.2) is 9.67 Å². The van der Waals surface area contributed by atoms with E-state index in [-0.39, 0.29) is 5.91 Å². The van der Waals surface area contributed by atoms with Crippen molar-refractivity contribution in [1.82, 2.24) is 25.3 Å². The topological polar surface area (TPSA) is 72.7 Å². The summed E-state index contributed by atoms with van der Waals surface area (Å²) < 4.78 is 2.93. The van der Waals surface area contributed by atoms with Crippen LogP contribution in [0.15, 0.2) is 42.5 Å². The number of amides is 1. The molecule has 0 aliphatic rings. The number of nitrogens with one attached hydrogen (secondary N) is 1. The first-order valence-electron chi connectivity index (χ1n) is 7.70. The van der Waals surface area contributed by atoms with Gasteiger partial charge in [0.05, 0.1) is 22.3 Å². The molecule has 0 spiro atoms. The molecule has 0 saturated carbocycles. The molecule has 1 amide bonds. The second kappa shape index (κ2) is 6.01. The van der Waals surface area contributed by atoms with E-state index in [9.17, 15) is 4.79 Å². The Morgan fingerprint density at radius 1 is 1.21 bits per heavy atom. The number of carbonyl (C=O) groups excluding carboxylic acids is 1. The summed E-state index contributed by atoms with van der Waals surface area (Å²) in [7, 11) is 0. The van der Waals surface area contributed by atoms with Crippen LogP contribution in [0.4, 0.5) is 0 Å². The monoisotopic (exact) mass is 337 g/mol. The van der Waals surface area contributed by atoms with E-state index < -0.39 is 0 Å². The van der Waals surface area contributed by atoms with Crippen LogP contribution < -0.4 is 5.32 Å². The van der Waals surface area contributed by atoms with E-state index >= 15 is 0 Å². The first-order chi connectivity index (χ1) is 11.7. The molecule has 4 rings (SSSR count). The highest BCUT2D eigenvalue weighted by Crippen LogP contribution is 2.21. The number of carbonyl (C=O) groups is 1. The summed E-state index contributed by atoms with van der Waals surface area (Å²) in [6.45, 7) is 3.17. The van der Waals surface area contributed by atoms with Crippen molar-refractivity contribution in [3.63, 3.8) is 0 Å². The van der Waals surface area contributed by atoms with Crippen LogP contribution >= 0.6 is 11.3 Å². The summed E-state index contributed by atoms with van der Waals surface area (Å²) in [6.07, 6.45) is 0. The van der Waals surface area contributed by atoms with Gasteiger partial charge in [0, 0.05) is 12.1 Å². The number of fused-ring (bicyclic) bond motifs is 2. The van der Waals surface area contributed by atoms with Crippen molar-refractivity contribution >= 4 is 38.5 Å².